The van der Waals surface area contributed by atoms with Gasteiger partial charge in [-0.15, -0.1) is 0 Å². The first-order valence-corrected chi connectivity index (χ1v) is 7.94. The summed E-state index contributed by atoms with van der Waals surface area (Å²) in [4.78, 5) is 4.49. The second kappa shape index (κ2) is 7.98. The van der Waals surface area contributed by atoms with Crippen molar-refractivity contribution in [2.45, 2.75) is 6.92 Å². The second-order valence-corrected chi connectivity index (χ2v) is 5.89. The molecule has 0 atom stereocenters. The third-order valence-electron chi connectivity index (χ3n) is 2.99. The predicted molar refractivity (Wildman–Crippen MR) is 99.8 cm³/mol. The number of ether oxygens (including phenoxy) is 2. The zero-order chi connectivity index (χ0) is 15.9. The number of hydrogen-bond acceptors (Lipinski definition) is 3. The van der Waals surface area contributed by atoms with Crippen molar-refractivity contribution < 1.29 is 9.47 Å². The summed E-state index contributed by atoms with van der Waals surface area (Å²) < 4.78 is 12.0. The van der Waals surface area contributed by atoms with E-state index in [1.165, 1.54) is 5.56 Å². The molecule has 0 radical (unpaired) electrons. The molecule has 114 valence electrons. The van der Waals surface area contributed by atoms with Crippen LogP contribution in [0.3, 0.4) is 0 Å². The van der Waals surface area contributed by atoms with E-state index in [1.807, 2.05) is 42.6 Å². The fourth-order valence-electron chi connectivity index (χ4n) is 1.88. The molecule has 0 aliphatic rings. The van der Waals surface area contributed by atoms with Gasteiger partial charge in [-0.05, 0) is 59.3 Å². The van der Waals surface area contributed by atoms with Crippen LogP contribution in [-0.4, -0.2) is 19.9 Å². The van der Waals surface area contributed by atoms with Crippen LogP contribution in [0.4, 0.5) is 5.69 Å². The van der Waals surface area contributed by atoms with Gasteiger partial charge >= 0.3 is 0 Å². The number of aliphatic imine (C=N–C) groups is 1. The Morgan fingerprint density at radius 1 is 1.23 bits per heavy atom. The van der Waals surface area contributed by atoms with Crippen molar-refractivity contribution in [3.63, 3.8) is 0 Å². The van der Waals surface area contributed by atoms with Gasteiger partial charge in [-0.1, -0.05) is 30.4 Å². The third-order valence-corrected chi connectivity index (χ3v) is 3.80. The van der Waals surface area contributed by atoms with Crippen LogP contribution in [0.2, 0.25) is 0 Å². The Morgan fingerprint density at radius 3 is 2.59 bits per heavy atom. The van der Waals surface area contributed by atoms with Gasteiger partial charge in [0.15, 0.2) is 11.5 Å². The van der Waals surface area contributed by atoms with Gasteiger partial charge in [0.1, 0.15) is 6.61 Å². The summed E-state index contributed by atoms with van der Waals surface area (Å²) in [5, 5.41) is 0. The molecular formula is C18H18INO2. The Morgan fingerprint density at radius 2 is 1.95 bits per heavy atom. The first-order valence-electron chi connectivity index (χ1n) is 6.86. The zero-order valence-electron chi connectivity index (χ0n) is 12.7. The van der Waals surface area contributed by atoms with E-state index in [0.29, 0.717) is 12.4 Å². The van der Waals surface area contributed by atoms with Gasteiger partial charge in [-0.25, -0.2) is 0 Å². The Kier molecular flexibility index (Phi) is 6.00. The molecule has 0 unspecified atom stereocenters. The maximum atomic E-state index is 5.64. The van der Waals surface area contributed by atoms with Crippen molar-refractivity contribution in [3.05, 3.63) is 63.8 Å². The number of benzene rings is 2. The van der Waals surface area contributed by atoms with E-state index in [-0.39, 0.29) is 0 Å². The summed E-state index contributed by atoms with van der Waals surface area (Å²) in [5.41, 5.74) is 3.11. The van der Waals surface area contributed by atoms with Gasteiger partial charge in [-0.3, -0.25) is 4.99 Å². The van der Waals surface area contributed by atoms with Crippen LogP contribution < -0.4 is 9.47 Å². The molecule has 0 heterocycles. The third kappa shape index (κ3) is 4.34. The van der Waals surface area contributed by atoms with Crippen molar-refractivity contribution in [1.29, 1.82) is 0 Å². The quantitative estimate of drug-likeness (QED) is 0.387. The summed E-state index contributed by atoms with van der Waals surface area (Å²) in [7, 11) is 1.63. The van der Waals surface area contributed by atoms with Crippen molar-refractivity contribution in [2.75, 3.05) is 13.7 Å². The molecule has 0 amide bonds. The van der Waals surface area contributed by atoms with Gasteiger partial charge in [-0.2, -0.15) is 0 Å². The fraction of sp³-hybridized carbons (Fsp3) is 0.167. The lowest BCUT2D eigenvalue weighted by molar-refractivity contribution is 0.324. The van der Waals surface area contributed by atoms with E-state index in [9.17, 15) is 0 Å². The molecule has 4 heteroatoms. The number of hydrogen-bond donors (Lipinski definition) is 0. The Labute approximate surface area is 144 Å². The summed E-state index contributed by atoms with van der Waals surface area (Å²) in [6.07, 6.45) is 3.54. The minimum atomic E-state index is 0.448. The number of nitrogens with zero attached hydrogens (tertiary/aromatic N) is 1. The molecule has 0 saturated heterocycles. The lowest BCUT2D eigenvalue weighted by Crippen LogP contribution is -1.99. The first-order chi connectivity index (χ1) is 10.6. The van der Waals surface area contributed by atoms with Crippen LogP contribution in [0.25, 0.3) is 0 Å². The number of halogens is 1. The highest BCUT2D eigenvalue weighted by Crippen LogP contribution is 2.33. The lowest BCUT2D eigenvalue weighted by Gasteiger charge is -2.12. The molecule has 2 aromatic carbocycles. The largest absolute Gasteiger partial charge is 0.493 e. The molecule has 0 fully saturated rings. The van der Waals surface area contributed by atoms with Crippen molar-refractivity contribution in [3.8, 4) is 11.5 Å². The van der Waals surface area contributed by atoms with E-state index in [2.05, 4.69) is 41.1 Å². The van der Waals surface area contributed by atoms with Gasteiger partial charge in [0, 0.05) is 6.21 Å². The smallest absolute Gasteiger partial charge is 0.174 e. The molecule has 0 bridgehead atoms. The van der Waals surface area contributed by atoms with Crippen LogP contribution in [-0.2, 0) is 0 Å². The minimum absolute atomic E-state index is 0.448. The molecule has 3 nitrogen and oxygen atoms in total. The van der Waals surface area contributed by atoms with Crippen LogP contribution in [0.15, 0.2) is 54.0 Å². The number of methoxy groups -OCH3 is 1. The van der Waals surface area contributed by atoms with Gasteiger partial charge in [0.05, 0.1) is 16.4 Å². The van der Waals surface area contributed by atoms with Crippen molar-refractivity contribution >= 4 is 34.5 Å². The standard InChI is InChI=1S/C18H18INO2/c1-4-9-22-18-16(19)10-14(11-17(18)21-3)12-20-15-7-5-13(2)6-8-15/h4-8,10-12H,1,9H2,2-3H3. The molecule has 0 spiro atoms. The summed E-state index contributed by atoms with van der Waals surface area (Å²) >= 11 is 2.23. The fourth-order valence-corrected chi connectivity index (χ4v) is 2.66. The zero-order valence-corrected chi connectivity index (χ0v) is 14.8. The Hall–Kier alpha value is -1.82. The Balaban J connectivity index is 2.26. The second-order valence-electron chi connectivity index (χ2n) is 4.73. The molecule has 0 aromatic heterocycles. The van der Waals surface area contributed by atoms with Crippen molar-refractivity contribution in [1.82, 2.24) is 0 Å². The van der Waals surface area contributed by atoms with E-state index >= 15 is 0 Å². The topological polar surface area (TPSA) is 30.8 Å². The molecule has 0 aliphatic carbocycles. The maximum Gasteiger partial charge on any atom is 0.174 e. The van der Waals surface area contributed by atoms with E-state index in [0.717, 1.165) is 20.6 Å². The van der Waals surface area contributed by atoms with Gasteiger partial charge < -0.3 is 9.47 Å². The van der Waals surface area contributed by atoms with E-state index in [4.69, 9.17) is 9.47 Å². The molecule has 0 saturated carbocycles. The molecule has 22 heavy (non-hydrogen) atoms. The Bertz CT molecular complexity index is 678. The van der Waals surface area contributed by atoms with E-state index in [1.54, 1.807) is 13.2 Å². The first kappa shape index (κ1) is 16.5. The maximum absolute atomic E-state index is 5.64. The lowest BCUT2D eigenvalue weighted by atomic mass is 10.2. The monoisotopic (exact) mass is 407 g/mol. The SMILES string of the molecule is C=CCOc1c(I)cc(C=Nc2ccc(C)cc2)cc1OC. The van der Waals surface area contributed by atoms with Crippen LogP contribution in [0, 0.1) is 10.5 Å². The highest BCUT2D eigenvalue weighted by atomic mass is 127. The predicted octanol–water partition coefficient (Wildman–Crippen LogP) is 4.92. The summed E-state index contributed by atoms with van der Waals surface area (Å²) in [6.45, 7) is 6.16. The molecular weight excluding hydrogens is 389 g/mol. The summed E-state index contributed by atoms with van der Waals surface area (Å²) in [5.74, 6) is 1.43. The molecule has 0 N–H and O–H groups in total. The van der Waals surface area contributed by atoms with Crippen LogP contribution in [0.1, 0.15) is 11.1 Å². The molecule has 2 aromatic rings. The average molecular weight is 407 g/mol. The molecule has 0 aliphatic heterocycles. The number of aryl methyl sites for hydroxylation is 1. The van der Waals surface area contributed by atoms with Crippen molar-refractivity contribution in [2.24, 2.45) is 4.99 Å². The summed E-state index contributed by atoms with van der Waals surface area (Å²) in [6, 6.07) is 12.0. The van der Waals surface area contributed by atoms with E-state index < -0.39 is 0 Å². The highest BCUT2D eigenvalue weighted by Gasteiger charge is 2.10. The highest BCUT2D eigenvalue weighted by molar-refractivity contribution is 14.1. The molecule has 2 rings (SSSR count). The minimum Gasteiger partial charge on any atom is -0.493 e. The van der Waals surface area contributed by atoms with Crippen LogP contribution in [0.5, 0.6) is 11.5 Å². The number of rotatable bonds is 6. The van der Waals surface area contributed by atoms with Gasteiger partial charge in [0.2, 0.25) is 0 Å². The average Bonchev–Trinajstić information content (AvgIpc) is 2.53. The van der Waals surface area contributed by atoms with Gasteiger partial charge in [0.25, 0.3) is 0 Å². The van der Waals surface area contributed by atoms with Crippen LogP contribution >= 0.6 is 22.6 Å². The normalized spacial score (nSPS) is 10.7.